The van der Waals surface area contributed by atoms with Gasteiger partial charge in [-0.15, -0.1) is 24.8 Å². The van der Waals surface area contributed by atoms with Crippen molar-refractivity contribution in [3.8, 4) is 0 Å². The average molecular weight is 268 g/mol. The van der Waals surface area contributed by atoms with E-state index in [2.05, 4.69) is 10.5 Å². The first-order chi connectivity index (χ1) is 6.79. The average Bonchev–Trinajstić information content (AvgIpc) is 2.67. The maximum atomic E-state index is 11.0. The van der Waals surface area contributed by atoms with Crippen molar-refractivity contribution >= 4 is 30.7 Å². The maximum Gasteiger partial charge on any atom is 0.271 e. The molecule has 2 rings (SSSR count). The predicted molar refractivity (Wildman–Crippen MR) is 64.4 cm³/mol. The van der Waals surface area contributed by atoms with E-state index in [1.54, 1.807) is 0 Å². The zero-order valence-electron chi connectivity index (χ0n) is 8.64. The summed E-state index contributed by atoms with van der Waals surface area (Å²) in [5.41, 5.74) is 6.34. The Bertz CT molecular complexity index is 337. The van der Waals surface area contributed by atoms with Crippen LogP contribution >= 0.6 is 24.8 Å². The number of nitrogens with one attached hydrogen (secondary N) is 1. The van der Waals surface area contributed by atoms with E-state index in [4.69, 9.17) is 10.3 Å². The number of halogens is 2. The fraction of sp³-hybridized carbons (Fsp3) is 0.556. The molecule has 1 amide bonds. The minimum Gasteiger partial charge on any atom is -0.364 e. The Balaban J connectivity index is 0.00000112. The highest BCUT2D eigenvalue weighted by molar-refractivity contribution is 5.92. The molecule has 1 aliphatic heterocycles. The quantitative estimate of drug-likeness (QED) is 0.841. The molecule has 0 spiro atoms. The van der Waals surface area contributed by atoms with Gasteiger partial charge in [-0.2, -0.15) is 0 Å². The zero-order chi connectivity index (χ0) is 9.97. The minimum atomic E-state index is -0.507. The molecule has 1 aromatic rings. The van der Waals surface area contributed by atoms with Crippen molar-refractivity contribution in [3.05, 3.63) is 17.5 Å². The van der Waals surface area contributed by atoms with Crippen molar-refractivity contribution < 1.29 is 9.32 Å². The number of carbonyl (C=O) groups is 1. The summed E-state index contributed by atoms with van der Waals surface area (Å²) in [6.07, 6.45) is 3.54. The molecular formula is C9H15Cl2N3O2. The smallest absolute Gasteiger partial charge is 0.271 e. The van der Waals surface area contributed by atoms with Crippen LogP contribution in [0.4, 0.5) is 0 Å². The van der Waals surface area contributed by atoms with Gasteiger partial charge in [0.25, 0.3) is 5.91 Å². The summed E-state index contributed by atoms with van der Waals surface area (Å²) in [5.74, 6) is -0.155. The number of aromatic nitrogens is 1. The van der Waals surface area contributed by atoms with Crippen LogP contribution in [0.2, 0.25) is 0 Å². The molecule has 1 fully saturated rings. The van der Waals surface area contributed by atoms with E-state index in [1.165, 1.54) is 6.26 Å². The third-order valence-electron chi connectivity index (χ3n) is 2.61. The molecule has 5 nitrogen and oxygen atoms in total. The number of carbonyl (C=O) groups excluding carboxylic acids is 1. The van der Waals surface area contributed by atoms with Crippen LogP contribution in [0.25, 0.3) is 0 Å². The molecule has 0 aromatic carbocycles. The molecule has 1 aromatic heterocycles. The third-order valence-corrected chi connectivity index (χ3v) is 2.61. The molecule has 0 radical (unpaired) electrons. The van der Waals surface area contributed by atoms with Gasteiger partial charge in [0.2, 0.25) is 0 Å². The van der Waals surface area contributed by atoms with Gasteiger partial charge in [-0.25, -0.2) is 0 Å². The highest BCUT2D eigenvalue weighted by Crippen LogP contribution is 2.27. The molecule has 16 heavy (non-hydrogen) atoms. The molecule has 1 saturated heterocycles. The Kier molecular flexibility index (Phi) is 6.40. The van der Waals surface area contributed by atoms with Crippen LogP contribution in [0, 0.1) is 0 Å². The van der Waals surface area contributed by atoms with E-state index >= 15 is 0 Å². The fourth-order valence-electron chi connectivity index (χ4n) is 1.85. The number of amides is 1. The first-order valence-corrected chi connectivity index (χ1v) is 4.74. The number of nitrogens with two attached hydrogens (primary N) is 1. The van der Waals surface area contributed by atoms with E-state index < -0.39 is 5.91 Å². The van der Waals surface area contributed by atoms with Gasteiger partial charge < -0.3 is 15.6 Å². The monoisotopic (exact) mass is 267 g/mol. The number of primary amides is 1. The Morgan fingerprint density at radius 2 is 2.06 bits per heavy atom. The standard InChI is InChI=1S/C9H13N3O2.2ClH/c10-9(13)8-7(5-14-12-8)6-1-3-11-4-2-6;;/h5-6,11H,1-4H2,(H2,10,13);2*1H. The molecule has 7 heteroatoms. The molecule has 3 N–H and O–H groups in total. The summed E-state index contributed by atoms with van der Waals surface area (Å²) in [4.78, 5) is 11.0. The molecule has 0 unspecified atom stereocenters. The summed E-state index contributed by atoms with van der Waals surface area (Å²) in [6, 6.07) is 0. The Morgan fingerprint density at radius 3 is 2.62 bits per heavy atom. The largest absolute Gasteiger partial charge is 0.364 e. The van der Waals surface area contributed by atoms with E-state index in [0.29, 0.717) is 5.92 Å². The second-order valence-corrected chi connectivity index (χ2v) is 3.51. The van der Waals surface area contributed by atoms with Crippen LogP contribution in [-0.2, 0) is 0 Å². The van der Waals surface area contributed by atoms with Crippen LogP contribution in [-0.4, -0.2) is 24.2 Å². The van der Waals surface area contributed by atoms with Crippen molar-refractivity contribution in [1.29, 1.82) is 0 Å². The second kappa shape index (κ2) is 6.73. The van der Waals surface area contributed by atoms with Gasteiger partial charge in [-0.1, -0.05) is 5.16 Å². The minimum absolute atomic E-state index is 0. The lowest BCUT2D eigenvalue weighted by Crippen LogP contribution is -2.27. The Morgan fingerprint density at radius 1 is 1.44 bits per heavy atom. The van der Waals surface area contributed by atoms with Crippen molar-refractivity contribution in [2.24, 2.45) is 5.73 Å². The highest BCUT2D eigenvalue weighted by atomic mass is 35.5. The van der Waals surface area contributed by atoms with E-state index in [1.807, 2.05) is 0 Å². The number of hydrogen-bond acceptors (Lipinski definition) is 4. The molecule has 1 aliphatic rings. The summed E-state index contributed by atoms with van der Waals surface area (Å²) < 4.78 is 4.79. The predicted octanol–water partition coefficient (Wildman–Crippen LogP) is 1.08. The number of nitrogens with zero attached hydrogens (tertiary/aromatic N) is 1. The highest BCUT2D eigenvalue weighted by Gasteiger charge is 2.23. The normalized spacial score (nSPS) is 16.0. The molecule has 0 atom stereocenters. The number of rotatable bonds is 2. The van der Waals surface area contributed by atoms with Gasteiger partial charge in [-0.3, -0.25) is 4.79 Å². The van der Waals surface area contributed by atoms with E-state index in [-0.39, 0.29) is 30.5 Å². The van der Waals surface area contributed by atoms with Gasteiger partial charge in [0.15, 0.2) is 5.69 Å². The maximum absolute atomic E-state index is 11.0. The van der Waals surface area contributed by atoms with Crippen molar-refractivity contribution in [2.75, 3.05) is 13.1 Å². The van der Waals surface area contributed by atoms with Crippen LogP contribution < -0.4 is 11.1 Å². The van der Waals surface area contributed by atoms with E-state index in [9.17, 15) is 4.79 Å². The van der Waals surface area contributed by atoms with Crippen molar-refractivity contribution in [3.63, 3.8) is 0 Å². The van der Waals surface area contributed by atoms with Gasteiger partial charge in [-0.05, 0) is 31.8 Å². The lowest BCUT2D eigenvalue weighted by atomic mass is 9.90. The Hall–Kier alpha value is -0.780. The van der Waals surface area contributed by atoms with Crippen LogP contribution in [0.1, 0.15) is 34.8 Å². The first kappa shape index (κ1) is 15.2. The lowest BCUT2D eigenvalue weighted by molar-refractivity contribution is 0.0990. The summed E-state index contributed by atoms with van der Waals surface area (Å²) >= 11 is 0. The molecule has 0 bridgehead atoms. The van der Waals surface area contributed by atoms with Crippen molar-refractivity contribution in [2.45, 2.75) is 18.8 Å². The van der Waals surface area contributed by atoms with Crippen LogP contribution in [0.3, 0.4) is 0 Å². The molecular weight excluding hydrogens is 253 g/mol. The van der Waals surface area contributed by atoms with Gasteiger partial charge in [0.1, 0.15) is 6.26 Å². The molecule has 92 valence electrons. The second-order valence-electron chi connectivity index (χ2n) is 3.51. The summed E-state index contributed by atoms with van der Waals surface area (Å²) in [6.45, 7) is 1.93. The Labute approximate surface area is 106 Å². The first-order valence-electron chi connectivity index (χ1n) is 4.74. The SMILES string of the molecule is Cl.Cl.NC(=O)c1nocc1C1CCNCC1. The topological polar surface area (TPSA) is 81.2 Å². The van der Waals surface area contributed by atoms with E-state index in [0.717, 1.165) is 31.5 Å². The molecule has 2 heterocycles. The van der Waals surface area contributed by atoms with Crippen LogP contribution in [0.15, 0.2) is 10.8 Å². The fourth-order valence-corrected chi connectivity index (χ4v) is 1.85. The number of hydrogen-bond donors (Lipinski definition) is 2. The lowest BCUT2D eigenvalue weighted by Gasteiger charge is -2.21. The van der Waals surface area contributed by atoms with Crippen molar-refractivity contribution in [1.82, 2.24) is 10.5 Å². The summed E-state index contributed by atoms with van der Waals surface area (Å²) in [5, 5.41) is 6.88. The molecule has 0 aliphatic carbocycles. The van der Waals surface area contributed by atoms with Gasteiger partial charge >= 0.3 is 0 Å². The zero-order valence-corrected chi connectivity index (χ0v) is 10.3. The van der Waals surface area contributed by atoms with Gasteiger partial charge in [0, 0.05) is 5.56 Å². The molecule has 0 saturated carbocycles. The summed E-state index contributed by atoms with van der Waals surface area (Å²) in [7, 11) is 0. The number of piperidine rings is 1. The van der Waals surface area contributed by atoms with Crippen LogP contribution in [0.5, 0.6) is 0 Å². The van der Waals surface area contributed by atoms with Gasteiger partial charge in [0.05, 0.1) is 0 Å². The third kappa shape index (κ3) is 3.10.